The summed E-state index contributed by atoms with van der Waals surface area (Å²) in [5.74, 6) is 0.660. The van der Waals surface area contributed by atoms with Crippen LogP contribution in [0.2, 0.25) is 9.36 Å². The maximum absolute atomic E-state index is 3.38. The second kappa shape index (κ2) is 8.38. The van der Waals surface area contributed by atoms with Gasteiger partial charge in [-0.25, -0.2) is 0 Å². The van der Waals surface area contributed by atoms with E-state index in [4.69, 9.17) is 0 Å². The minimum absolute atomic E-state index is 0. The van der Waals surface area contributed by atoms with Gasteiger partial charge in [-0.2, -0.15) is 0 Å². The molecule has 4 heteroatoms. The Morgan fingerprint density at radius 2 is 1.64 bits per heavy atom. The predicted molar refractivity (Wildman–Crippen MR) is 129 cm³/mol. The summed E-state index contributed by atoms with van der Waals surface area (Å²) in [5, 5.41) is 0. The molecular formula is C24H32Cl2HfSi. The molecule has 0 amide bonds. The van der Waals surface area contributed by atoms with Gasteiger partial charge >= 0.3 is 162 Å². The zero-order valence-corrected chi connectivity index (χ0v) is 24.1. The Hall–Kier alpha value is -0.413. The first-order valence-corrected chi connectivity index (χ1v) is 29.2. The van der Waals surface area contributed by atoms with Gasteiger partial charge in [0, 0.05) is 0 Å². The SMILES string of the molecule is CCC1=[C]([Hf]([CH3])([CH3])(=[SiH2])[c]2cccc3c2Cc2ccccc2-3)C(CC)C=C1.Cl.Cl. The van der Waals surface area contributed by atoms with E-state index in [9.17, 15) is 0 Å². The molecule has 1 unspecified atom stereocenters. The van der Waals surface area contributed by atoms with E-state index in [0.717, 1.165) is 6.42 Å². The molecule has 0 aromatic heterocycles. The van der Waals surface area contributed by atoms with E-state index in [-0.39, 0.29) is 24.8 Å². The van der Waals surface area contributed by atoms with Crippen molar-refractivity contribution in [1.29, 1.82) is 0 Å². The van der Waals surface area contributed by atoms with Gasteiger partial charge in [0.05, 0.1) is 0 Å². The summed E-state index contributed by atoms with van der Waals surface area (Å²) in [5.41, 5.74) is 7.73. The van der Waals surface area contributed by atoms with E-state index in [1.807, 2.05) is 3.33 Å². The van der Waals surface area contributed by atoms with Crippen LogP contribution in [0.3, 0.4) is 0 Å². The third kappa shape index (κ3) is 3.60. The number of benzene rings is 2. The Kier molecular flexibility index (Phi) is 7.14. The van der Waals surface area contributed by atoms with E-state index in [2.05, 4.69) is 84.8 Å². The zero-order chi connectivity index (χ0) is 18.6. The average Bonchev–Trinajstić information content (AvgIpc) is 3.22. The van der Waals surface area contributed by atoms with Crippen LogP contribution in [0.1, 0.15) is 37.8 Å². The molecule has 1 atom stereocenters. The third-order valence-corrected chi connectivity index (χ3v) is 29.5. The minimum Gasteiger partial charge on any atom is -0.147 e. The predicted octanol–water partition coefficient (Wildman–Crippen LogP) is 6.32. The molecule has 4 rings (SSSR count). The first kappa shape index (κ1) is 23.9. The summed E-state index contributed by atoms with van der Waals surface area (Å²) in [6, 6.07) is 16.2. The van der Waals surface area contributed by atoms with Crippen LogP contribution in [-0.4, -0.2) is 6.94 Å². The molecule has 0 nitrogen and oxygen atoms in total. The molecular weight excluding hydrogens is 566 g/mol. The van der Waals surface area contributed by atoms with Crippen LogP contribution >= 0.6 is 24.8 Å². The maximum Gasteiger partial charge on any atom is -0.147 e. The average molecular weight is 598 g/mol. The van der Waals surface area contributed by atoms with Crippen LogP contribution in [0.5, 0.6) is 0 Å². The fourth-order valence-electron chi connectivity index (χ4n) is 5.47. The third-order valence-electron chi connectivity index (χ3n) is 6.65. The summed E-state index contributed by atoms with van der Waals surface area (Å²) in [6.45, 7) is 7.09. The second-order valence-electron chi connectivity index (χ2n) is 9.02. The van der Waals surface area contributed by atoms with Gasteiger partial charge in [0.15, 0.2) is 0 Å². The fourth-order valence-corrected chi connectivity index (χ4v) is 29.8. The Morgan fingerprint density at radius 3 is 2.32 bits per heavy atom. The fraction of sp³-hybridized carbons (Fsp3) is 0.333. The van der Waals surface area contributed by atoms with E-state index in [0.29, 0.717) is 5.92 Å². The second-order valence-corrected chi connectivity index (χ2v) is 49.5. The molecule has 2 aliphatic carbocycles. The first-order chi connectivity index (χ1) is 12.4. The van der Waals surface area contributed by atoms with Gasteiger partial charge in [0.25, 0.3) is 0 Å². The number of hydrogen-bond donors (Lipinski definition) is 0. The number of fused-ring (bicyclic) bond motifs is 3. The standard InChI is InChI=1S/C13H9.C9H13.2CH3.2ClH.Hf.H2Si/c1-3-7-12-10(5-1)9-11-6-2-4-8-13(11)12;1-3-8-5-6-9(4-2)7-8;;;;;;/h1-5,7-8H,9H2;5-6,8H,3-4H2,1-2H3;2*1H3;2*1H;;1H2. The molecule has 0 saturated carbocycles. The van der Waals surface area contributed by atoms with Crippen molar-refractivity contribution in [1.82, 2.24) is 0 Å². The molecule has 2 aliphatic rings. The van der Waals surface area contributed by atoms with Gasteiger partial charge in [-0.1, -0.05) is 0 Å². The van der Waals surface area contributed by atoms with E-state index >= 15 is 0 Å². The molecule has 28 heavy (non-hydrogen) atoms. The number of allylic oxidation sites excluding steroid dienone is 4. The van der Waals surface area contributed by atoms with Crippen molar-refractivity contribution in [3.05, 3.63) is 74.6 Å². The van der Waals surface area contributed by atoms with Crippen LogP contribution in [0.25, 0.3) is 11.1 Å². The first-order valence-electron chi connectivity index (χ1n) is 10.1. The Balaban J connectivity index is 0.00000140. The Morgan fingerprint density at radius 1 is 0.964 bits per heavy atom. The summed E-state index contributed by atoms with van der Waals surface area (Å²) < 4.78 is 8.97. The van der Waals surface area contributed by atoms with Gasteiger partial charge in [-0.05, 0) is 0 Å². The van der Waals surface area contributed by atoms with Crippen molar-refractivity contribution in [2.45, 2.75) is 42.5 Å². The van der Waals surface area contributed by atoms with Crippen molar-refractivity contribution in [2.75, 3.05) is 0 Å². The van der Waals surface area contributed by atoms with E-state index in [1.54, 1.807) is 14.5 Å². The number of rotatable bonds is 4. The Labute approximate surface area is 185 Å². The quantitative estimate of drug-likeness (QED) is 0.309. The largest absolute Gasteiger partial charge is 0.147 e. The molecule has 2 aromatic rings. The van der Waals surface area contributed by atoms with Gasteiger partial charge in [0.1, 0.15) is 0 Å². The van der Waals surface area contributed by atoms with Crippen molar-refractivity contribution in [2.24, 2.45) is 5.92 Å². The monoisotopic (exact) mass is 598 g/mol. The summed E-state index contributed by atoms with van der Waals surface area (Å²) >= 11 is -3.38. The van der Waals surface area contributed by atoms with Crippen molar-refractivity contribution in [3.8, 4) is 11.1 Å². The molecule has 0 heterocycles. The van der Waals surface area contributed by atoms with Crippen LogP contribution in [0.15, 0.2) is 63.5 Å². The molecule has 150 valence electrons. The van der Waals surface area contributed by atoms with Crippen LogP contribution in [-0.2, 0) is 23.5 Å². The summed E-state index contributed by atoms with van der Waals surface area (Å²) in [4.78, 5) is 0. The van der Waals surface area contributed by atoms with E-state index in [1.165, 1.54) is 29.5 Å². The van der Waals surface area contributed by atoms with Gasteiger partial charge in [0.2, 0.25) is 0 Å². The van der Waals surface area contributed by atoms with Crippen molar-refractivity contribution >= 4 is 35.1 Å². The smallest absolute Gasteiger partial charge is 0.147 e. The van der Waals surface area contributed by atoms with E-state index < -0.39 is 17.1 Å². The summed E-state index contributed by atoms with van der Waals surface area (Å²) in [7, 11) is 0. The molecule has 0 fully saturated rings. The molecule has 0 saturated heterocycles. The topological polar surface area (TPSA) is 0 Å². The normalized spacial score (nSPS) is 17.7. The summed E-state index contributed by atoms with van der Waals surface area (Å²) in [6.07, 6.45) is 8.45. The number of halogens is 2. The van der Waals surface area contributed by atoms with Crippen LogP contribution in [0, 0.1) is 5.92 Å². The number of hydrogen-bond acceptors (Lipinski definition) is 0. The molecule has 0 bridgehead atoms. The van der Waals surface area contributed by atoms with Crippen molar-refractivity contribution in [3.63, 3.8) is 0 Å². The maximum atomic E-state index is 2.69. The van der Waals surface area contributed by atoms with Gasteiger partial charge in [-0.3, -0.25) is 0 Å². The van der Waals surface area contributed by atoms with Crippen LogP contribution < -0.4 is 3.32 Å². The molecule has 0 radical (unpaired) electrons. The molecule has 0 aliphatic heterocycles. The minimum atomic E-state index is -3.38. The molecule has 0 spiro atoms. The van der Waals surface area contributed by atoms with Gasteiger partial charge < -0.3 is 0 Å². The molecule has 0 N–H and O–H groups in total. The van der Waals surface area contributed by atoms with Gasteiger partial charge in [-0.15, -0.1) is 24.8 Å². The van der Waals surface area contributed by atoms with Crippen LogP contribution in [0.4, 0.5) is 0 Å². The molecule has 2 aromatic carbocycles. The zero-order valence-electron chi connectivity index (χ0n) is 17.4. The van der Waals surface area contributed by atoms with Crippen molar-refractivity contribution < 1.29 is 17.1 Å². The Bertz CT molecular complexity index is 1030.